The van der Waals surface area contributed by atoms with Crippen LogP contribution in [0.25, 0.3) is 16.7 Å². The molecule has 3 atom stereocenters. The molecule has 3 aromatic carbocycles. The van der Waals surface area contributed by atoms with Gasteiger partial charge in [0.2, 0.25) is 11.8 Å². The quantitative estimate of drug-likeness (QED) is 0.0910. The van der Waals surface area contributed by atoms with E-state index in [2.05, 4.69) is 19.6 Å². The summed E-state index contributed by atoms with van der Waals surface area (Å²) in [5, 5.41) is 11.0. The summed E-state index contributed by atoms with van der Waals surface area (Å²) >= 11 is 0. The Morgan fingerprint density at radius 1 is 1.00 bits per heavy atom. The number of nitro benzene ring substituents is 1. The van der Waals surface area contributed by atoms with Gasteiger partial charge < -0.3 is 19.8 Å². The number of nitrogens with zero attached hydrogens (tertiary/aromatic N) is 2. The summed E-state index contributed by atoms with van der Waals surface area (Å²) in [6.07, 6.45) is 0.0453. The molecule has 1 fully saturated rings. The maximum Gasteiger partial charge on any atom is 0.355 e. The molecule has 0 spiro atoms. The fourth-order valence-electron chi connectivity index (χ4n) is 6.48. The van der Waals surface area contributed by atoms with E-state index in [9.17, 15) is 29.3 Å². The zero-order valence-corrected chi connectivity index (χ0v) is 26.2. The van der Waals surface area contributed by atoms with Gasteiger partial charge in [-0.05, 0) is 97.2 Å². The van der Waals surface area contributed by atoms with Crippen molar-refractivity contribution in [2.45, 2.75) is 51.7 Å². The van der Waals surface area contributed by atoms with Gasteiger partial charge in [-0.1, -0.05) is 12.1 Å². The first-order chi connectivity index (χ1) is 21.2. The van der Waals surface area contributed by atoms with Crippen molar-refractivity contribution >= 4 is 43.1 Å². The molecule has 1 aliphatic carbocycles. The standard InChI is InChI=1S/C33H31N3O8Si/c1-17(44-45(2,3)4)28-27-15-24(19-7-12-23-25(13-19)22-11-8-20(31(34)38)14-26(22)30(23)37)29(35(27)32(28)39)33(40)43-16-18-5-9-21(10-6-18)36(41)42/h5-14,17,27-28H,15-16H2,1-4H3,(H2,34,38)/t17-,27-,28-/m1/s1. The Balaban J connectivity index is 1.36. The van der Waals surface area contributed by atoms with Crippen LogP contribution in [0.4, 0.5) is 5.69 Å². The maximum absolute atomic E-state index is 13.7. The first-order valence-corrected chi connectivity index (χ1v) is 17.9. The Hall–Kier alpha value is -4.94. The van der Waals surface area contributed by atoms with E-state index in [1.54, 1.807) is 24.3 Å². The fraction of sp³-hybridized carbons (Fsp3) is 0.273. The van der Waals surface area contributed by atoms with Crippen molar-refractivity contribution in [3.8, 4) is 11.1 Å². The summed E-state index contributed by atoms with van der Waals surface area (Å²) in [4.78, 5) is 64.2. The number of fused-ring (bicyclic) bond motifs is 4. The molecule has 11 nitrogen and oxygen atoms in total. The summed E-state index contributed by atoms with van der Waals surface area (Å²) in [6, 6.07) is 15.4. The Morgan fingerprint density at radius 2 is 1.69 bits per heavy atom. The molecule has 1 saturated heterocycles. The molecule has 0 aromatic heterocycles. The predicted molar refractivity (Wildman–Crippen MR) is 166 cm³/mol. The third-order valence-electron chi connectivity index (χ3n) is 8.42. The lowest BCUT2D eigenvalue weighted by Crippen LogP contribution is -2.63. The van der Waals surface area contributed by atoms with Crippen LogP contribution in [0, 0.1) is 16.0 Å². The molecule has 2 aliphatic heterocycles. The van der Waals surface area contributed by atoms with Crippen LogP contribution >= 0.6 is 0 Å². The number of esters is 1. The van der Waals surface area contributed by atoms with Crippen molar-refractivity contribution in [3.63, 3.8) is 0 Å². The fourth-order valence-corrected chi connectivity index (χ4v) is 7.74. The number of hydrogen-bond acceptors (Lipinski definition) is 8. The molecule has 12 heteroatoms. The van der Waals surface area contributed by atoms with E-state index in [1.165, 1.54) is 35.2 Å². The Bertz CT molecular complexity index is 1840. The molecule has 2 amide bonds. The summed E-state index contributed by atoms with van der Waals surface area (Å²) in [5.41, 5.74) is 9.69. The number of β-lactam (4-membered cyclic amide) rings is 1. The minimum absolute atomic E-state index is 0.0805. The monoisotopic (exact) mass is 625 g/mol. The second-order valence-corrected chi connectivity index (χ2v) is 16.9. The molecule has 0 unspecified atom stereocenters. The Kier molecular flexibility index (Phi) is 7.29. The molecule has 0 radical (unpaired) electrons. The zero-order chi connectivity index (χ0) is 32.4. The van der Waals surface area contributed by atoms with Crippen molar-refractivity contribution < 1.29 is 33.3 Å². The minimum atomic E-state index is -1.96. The molecule has 2 N–H and O–H groups in total. The average molecular weight is 626 g/mol. The number of ether oxygens (including phenoxy) is 1. The van der Waals surface area contributed by atoms with E-state index in [1.807, 2.05) is 13.0 Å². The van der Waals surface area contributed by atoms with Crippen molar-refractivity contribution in [1.82, 2.24) is 4.90 Å². The van der Waals surface area contributed by atoms with Gasteiger partial charge in [0.05, 0.1) is 23.0 Å². The van der Waals surface area contributed by atoms with Crippen molar-refractivity contribution in [2.75, 3.05) is 0 Å². The van der Waals surface area contributed by atoms with Gasteiger partial charge in [0.25, 0.3) is 5.69 Å². The van der Waals surface area contributed by atoms with Gasteiger partial charge in [0.15, 0.2) is 14.1 Å². The number of amides is 2. The molecular formula is C33H31N3O8Si. The van der Waals surface area contributed by atoms with Crippen LogP contribution in [0.15, 0.2) is 66.4 Å². The van der Waals surface area contributed by atoms with E-state index in [-0.39, 0.29) is 47.4 Å². The van der Waals surface area contributed by atoms with E-state index >= 15 is 0 Å². The van der Waals surface area contributed by atoms with Crippen LogP contribution in [0.3, 0.4) is 0 Å². The number of carbonyl (C=O) groups excluding carboxylic acids is 4. The topological polar surface area (TPSA) is 159 Å². The molecule has 0 saturated carbocycles. The summed E-state index contributed by atoms with van der Waals surface area (Å²) in [5.74, 6) is -2.21. The summed E-state index contributed by atoms with van der Waals surface area (Å²) in [7, 11) is -1.96. The Labute approximate surface area is 259 Å². The highest BCUT2D eigenvalue weighted by Crippen LogP contribution is 2.49. The largest absolute Gasteiger partial charge is 0.456 e. The first kappa shape index (κ1) is 30.1. The van der Waals surface area contributed by atoms with Gasteiger partial charge >= 0.3 is 5.97 Å². The van der Waals surface area contributed by atoms with Gasteiger partial charge in [-0.3, -0.25) is 24.5 Å². The SMILES string of the molecule is C[C@@H](O[Si](C)(C)C)[C@H]1C(=O)N2C(C(=O)OCc3ccc([N+](=O)[O-])cc3)=C(c3ccc4c(c3)-c3ccc(C(N)=O)cc3C4=O)C[C@H]12. The highest BCUT2D eigenvalue weighted by molar-refractivity contribution is 6.69. The highest BCUT2D eigenvalue weighted by atomic mass is 28.4. The van der Waals surface area contributed by atoms with Gasteiger partial charge in [-0.15, -0.1) is 0 Å². The van der Waals surface area contributed by atoms with E-state index in [0.29, 0.717) is 45.4 Å². The number of nitrogens with two attached hydrogens (primary N) is 1. The second-order valence-electron chi connectivity index (χ2n) is 12.5. The maximum atomic E-state index is 13.7. The third kappa shape index (κ3) is 5.25. The van der Waals surface area contributed by atoms with Crippen LogP contribution in [0.5, 0.6) is 0 Å². The number of nitro groups is 1. The van der Waals surface area contributed by atoms with Gasteiger partial charge in [0, 0.05) is 28.8 Å². The van der Waals surface area contributed by atoms with Crippen LogP contribution in [0.2, 0.25) is 19.6 Å². The molecule has 6 rings (SSSR count). The number of benzene rings is 3. The van der Waals surface area contributed by atoms with Crippen LogP contribution in [-0.4, -0.2) is 53.9 Å². The second kappa shape index (κ2) is 10.9. The number of non-ortho nitro benzene ring substituents is 1. The van der Waals surface area contributed by atoms with E-state index in [4.69, 9.17) is 14.9 Å². The zero-order valence-electron chi connectivity index (χ0n) is 25.2. The number of rotatable bonds is 9. The number of hydrogen-bond donors (Lipinski definition) is 1. The molecule has 230 valence electrons. The van der Waals surface area contributed by atoms with E-state index in [0.717, 1.165) is 0 Å². The molecule has 3 aliphatic rings. The molecular weight excluding hydrogens is 594 g/mol. The van der Waals surface area contributed by atoms with Crippen molar-refractivity contribution in [1.29, 1.82) is 0 Å². The molecule has 45 heavy (non-hydrogen) atoms. The van der Waals surface area contributed by atoms with Crippen molar-refractivity contribution in [3.05, 3.63) is 104 Å². The minimum Gasteiger partial charge on any atom is -0.456 e. The highest BCUT2D eigenvalue weighted by Gasteiger charge is 2.58. The van der Waals surface area contributed by atoms with Gasteiger partial charge in [-0.2, -0.15) is 0 Å². The van der Waals surface area contributed by atoms with Crippen LogP contribution in [-0.2, 0) is 25.4 Å². The number of primary amides is 1. The van der Waals surface area contributed by atoms with Crippen LogP contribution < -0.4 is 5.73 Å². The van der Waals surface area contributed by atoms with Crippen molar-refractivity contribution in [2.24, 2.45) is 11.7 Å². The van der Waals surface area contributed by atoms with Gasteiger partial charge in [-0.25, -0.2) is 4.79 Å². The third-order valence-corrected chi connectivity index (χ3v) is 9.49. The smallest absolute Gasteiger partial charge is 0.355 e. The lowest BCUT2D eigenvalue weighted by Gasteiger charge is -2.47. The lowest BCUT2D eigenvalue weighted by atomic mass is 9.82. The predicted octanol–water partition coefficient (Wildman–Crippen LogP) is 4.83. The van der Waals surface area contributed by atoms with Crippen LogP contribution in [0.1, 0.15) is 50.8 Å². The van der Waals surface area contributed by atoms with E-state index < -0.39 is 31.0 Å². The number of ketones is 1. The van der Waals surface area contributed by atoms with Gasteiger partial charge in [0.1, 0.15) is 12.3 Å². The average Bonchev–Trinajstić information content (AvgIpc) is 3.47. The molecule has 0 bridgehead atoms. The lowest BCUT2D eigenvalue weighted by molar-refractivity contribution is -0.384. The number of carbonyl (C=O) groups is 4. The summed E-state index contributed by atoms with van der Waals surface area (Å²) < 4.78 is 11.9. The Morgan fingerprint density at radius 3 is 2.33 bits per heavy atom. The normalized spacial score (nSPS) is 19.1. The molecule has 3 aromatic rings. The first-order valence-electron chi connectivity index (χ1n) is 14.5. The molecule has 2 heterocycles. The summed E-state index contributed by atoms with van der Waals surface area (Å²) in [6.45, 7) is 7.91.